The van der Waals surface area contributed by atoms with E-state index in [0.717, 1.165) is 89.9 Å². The maximum atomic E-state index is 12.7. The lowest BCUT2D eigenvalue weighted by atomic mass is 10.0. The Kier molecular flexibility index (Phi) is 41.9. The lowest BCUT2D eigenvalue weighted by Crippen LogP contribution is -2.37. The van der Waals surface area contributed by atoms with Gasteiger partial charge >= 0.3 is 11.9 Å². The van der Waals surface area contributed by atoms with Gasteiger partial charge < -0.3 is 27.9 Å². The third-order valence-corrected chi connectivity index (χ3v) is 11.2. The van der Waals surface area contributed by atoms with Crippen LogP contribution in [0.5, 0.6) is 0 Å². The van der Waals surface area contributed by atoms with Gasteiger partial charge in [-0.05, 0) is 83.5 Å². The highest BCUT2D eigenvalue weighted by atomic mass is 31.2. The van der Waals surface area contributed by atoms with Crippen LogP contribution < -0.4 is 4.89 Å². The number of carbonyl (C=O) groups is 2. The number of phosphoric ester groups is 1. The molecule has 0 N–H and O–H groups in total. The number of carbonyl (C=O) groups excluding carboxylic acids is 2. The first kappa shape index (κ1) is 59.5. The van der Waals surface area contributed by atoms with Crippen molar-refractivity contribution in [2.75, 3.05) is 47.5 Å². The maximum absolute atomic E-state index is 12.7. The van der Waals surface area contributed by atoms with Gasteiger partial charge in [-0.25, -0.2) is 0 Å². The lowest BCUT2D eigenvalue weighted by Gasteiger charge is -2.28. The number of rotatable bonds is 44. The normalized spacial score (nSPS) is 14.1. The molecule has 2 unspecified atom stereocenters. The van der Waals surface area contributed by atoms with Crippen LogP contribution in [0.25, 0.3) is 0 Å². The van der Waals surface area contributed by atoms with Crippen LogP contribution in [0.3, 0.4) is 0 Å². The van der Waals surface area contributed by atoms with Gasteiger partial charge in [-0.1, -0.05) is 170 Å². The van der Waals surface area contributed by atoms with E-state index in [1.807, 2.05) is 21.1 Å². The van der Waals surface area contributed by atoms with Crippen molar-refractivity contribution in [2.24, 2.45) is 0 Å². The molecule has 0 heterocycles. The van der Waals surface area contributed by atoms with Crippen LogP contribution in [-0.4, -0.2) is 70.0 Å². The van der Waals surface area contributed by atoms with E-state index >= 15 is 0 Å². The van der Waals surface area contributed by atoms with Crippen molar-refractivity contribution in [2.45, 2.75) is 200 Å². The molecule has 0 bridgehead atoms. The number of phosphoric acid groups is 1. The van der Waals surface area contributed by atoms with Gasteiger partial charge in [-0.15, -0.1) is 0 Å². The zero-order valence-corrected chi connectivity index (χ0v) is 41.2. The summed E-state index contributed by atoms with van der Waals surface area (Å²) in [6, 6.07) is 0. The van der Waals surface area contributed by atoms with Crippen molar-refractivity contribution < 1.29 is 42.1 Å². The topological polar surface area (TPSA) is 111 Å². The molecule has 0 saturated heterocycles. The average molecular weight is 890 g/mol. The van der Waals surface area contributed by atoms with Gasteiger partial charge in [-0.2, -0.15) is 0 Å². The highest BCUT2D eigenvalue weighted by molar-refractivity contribution is 7.45. The molecule has 0 aliphatic rings. The van der Waals surface area contributed by atoms with Crippen LogP contribution in [0, 0.1) is 0 Å². The molecule has 9 nitrogen and oxygen atoms in total. The molecule has 0 rings (SSSR count). The van der Waals surface area contributed by atoms with Crippen molar-refractivity contribution in [1.29, 1.82) is 0 Å². The monoisotopic (exact) mass is 890 g/mol. The summed E-state index contributed by atoms with van der Waals surface area (Å²) in [6.07, 6.45) is 55.0. The van der Waals surface area contributed by atoms with Crippen LogP contribution in [0.2, 0.25) is 0 Å². The van der Waals surface area contributed by atoms with Crippen LogP contribution in [0.15, 0.2) is 72.9 Å². The van der Waals surface area contributed by atoms with E-state index in [1.165, 1.54) is 64.2 Å². The molecule has 0 saturated carbocycles. The minimum Gasteiger partial charge on any atom is -0.756 e. The van der Waals surface area contributed by atoms with Crippen LogP contribution in [-0.2, 0) is 32.7 Å². The number of ether oxygens (including phenoxy) is 2. The Morgan fingerprint density at radius 1 is 0.516 bits per heavy atom. The fourth-order valence-electron chi connectivity index (χ4n) is 6.38. The number of quaternary nitrogens is 1. The van der Waals surface area contributed by atoms with Gasteiger partial charge in [0.15, 0.2) is 6.10 Å². The Balaban J connectivity index is 4.29. The van der Waals surface area contributed by atoms with Crippen molar-refractivity contribution in [3.63, 3.8) is 0 Å². The van der Waals surface area contributed by atoms with Gasteiger partial charge in [0.1, 0.15) is 19.8 Å². The van der Waals surface area contributed by atoms with Crippen molar-refractivity contribution in [1.82, 2.24) is 0 Å². The van der Waals surface area contributed by atoms with Gasteiger partial charge in [0.2, 0.25) is 0 Å². The molecule has 358 valence electrons. The molecular weight excluding hydrogens is 798 g/mol. The molecule has 0 amide bonds. The zero-order valence-electron chi connectivity index (χ0n) is 40.3. The summed E-state index contributed by atoms with van der Waals surface area (Å²) >= 11 is 0. The van der Waals surface area contributed by atoms with E-state index in [2.05, 4.69) is 86.8 Å². The summed E-state index contributed by atoms with van der Waals surface area (Å²) in [5.74, 6) is -0.858. The molecule has 0 aromatic carbocycles. The Morgan fingerprint density at radius 2 is 0.919 bits per heavy atom. The molecule has 0 aromatic rings. The Labute approximate surface area is 380 Å². The average Bonchev–Trinajstić information content (AvgIpc) is 3.23. The Hall–Kier alpha value is -2.55. The zero-order chi connectivity index (χ0) is 45.7. The first-order chi connectivity index (χ1) is 30.0. The second kappa shape index (κ2) is 43.7. The molecule has 2 atom stereocenters. The van der Waals surface area contributed by atoms with Gasteiger partial charge in [0.25, 0.3) is 7.82 Å². The van der Waals surface area contributed by atoms with Gasteiger partial charge in [0.05, 0.1) is 27.7 Å². The Morgan fingerprint density at radius 3 is 1.37 bits per heavy atom. The van der Waals surface area contributed by atoms with Crippen LogP contribution in [0.1, 0.15) is 194 Å². The van der Waals surface area contributed by atoms with Crippen LogP contribution >= 0.6 is 7.82 Å². The maximum Gasteiger partial charge on any atom is 0.306 e. The molecule has 10 heteroatoms. The highest BCUT2D eigenvalue weighted by Crippen LogP contribution is 2.38. The summed E-state index contributed by atoms with van der Waals surface area (Å²) in [4.78, 5) is 37.7. The predicted octanol–water partition coefficient (Wildman–Crippen LogP) is 13.9. The predicted molar refractivity (Wildman–Crippen MR) is 259 cm³/mol. The fraction of sp³-hybridized carbons (Fsp3) is 0.731. The first-order valence-corrected chi connectivity index (χ1v) is 26.1. The third-order valence-electron chi connectivity index (χ3n) is 10.2. The number of hydrogen-bond acceptors (Lipinski definition) is 8. The van der Waals surface area contributed by atoms with E-state index in [9.17, 15) is 19.0 Å². The smallest absolute Gasteiger partial charge is 0.306 e. The number of nitrogens with zero attached hydrogens (tertiary/aromatic N) is 1. The van der Waals surface area contributed by atoms with Crippen molar-refractivity contribution in [3.8, 4) is 0 Å². The highest BCUT2D eigenvalue weighted by Gasteiger charge is 2.21. The van der Waals surface area contributed by atoms with Gasteiger partial charge in [0, 0.05) is 12.8 Å². The van der Waals surface area contributed by atoms with Crippen LogP contribution in [0.4, 0.5) is 0 Å². The van der Waals surface area contributed by atoms with Gasteiger partial charge in [-0.3, -0.25) is 14.2 Å². The third kappa shape index (κ3) is 46.9. The molecular formula is C52H92NO8P. The molecule has 0 aliphatic carbocycles. The van der Waals surface area contributed by atoms with E-state index < -0.39 is 32.5 Å². The minimum absolute atomic E-state index is 0.0372. The summed E-state index contributed by atoms with van der Waals surface area (Å²) in [6.45, 7) is 4.07. The minimum atomic E-state index is -4.64. The van der Waals surface area contributed by atoms with E-state index in [1.54, 1.807) is 0 Å². The first-order valence-electron chi connectivity index (χ1n) is 24.6. The molecule has 0 fully saturated rings. The summed E-state index contributed by atoms with van der Waals surface area (Å²) < 4.78 is 34.0. The molecule has 0 aliphatic heterocycles. The molecule has 0 aromatic heterocycles. The molecule has 0 spiro atoms. The van der Waals surface area contributed by atoms with Crippen molar-refractivity contribution >= 4 is 19.8 Å². The molecule has 0 radical (unpaired) electrons. The van der Waals surface area contributed by atoms with Crippen molar-refractivity contribution in [3.05, 3.63) is 72.9 Å². The SMILES string of the molecule is CC/C=C\C/C=C\C/C=C\C/C=C\CCCCCCCCCCCCC(=O)OC(COC(=O)CCCCCCC/C=C\C/C=C\CCCCC)COP(=O)([O-])OCC[N+](C)(C)C. The number of esters is 2. The number of hydrogen-bond donors (Lipinski definition) is 0. The Bertz CT molecular complexity index is 1280. The number of unbranched alkanes of at least 4 members (excludes halogenated alkanes) is 18. The quantitative estimate of drug-likeness (QED) is 0.0195. The standard InChI is InChI=1S/C52H92NO8P/c1-6-8-10-12-14-16-18-20-22-23-24-25-26-27-28-29-31-33-35-37-39-41-43-45-52(55)61-50(49-60-62(56,57)59-47-46-53(3,4)5)48-58-51(54)44-42-40-38-36-34-32-30-21-19-17-15-13-11-9-7-2/h8,10,14-17,20-22,24-25,30,50H,6-7,9,11-13,18-19,23,26-29,31-49H2,1-5H3/b10-8-,16-14-,17-15-,22-20-,25-24-,30-21-. The second-order valence-corrected chi connectivity index (χ2v) is 18.9. The number of allylic oxidation sites excluding steroid dienone is 12. The second-order valence-electron chi connectivity index (χ2n) is 17.4. The fourth-order valence-corrected chi connectivity index (χ4v) is 7.11. The summed E-state index contributed by atoms with van der Waals surface area (Å²) in [7, 11) is 1.15. The van der Waals surface area contributed by atoms with E-state index in [-0.39, 0.29) is 26.1 Å². The number of likely N-dealkylation sites (N-methyl/N-ethyl adjacent to an activating group) is 1. The molecule has 62 heavy (non-hydrogen) atoms. The van der Waals surface area contributed by atoms with E-state index in [4.69, 9.17) is 18.5 Å². The largest absolute Gasteiger partial charge is 0.756 e. The summed E-state index contributed by atoms with van der Waals surface area (Å²) in [5.41, 5.74) is 0. The summed E-state index contributed by atoms with van der Waals surface area (Å²) in [5, 5.41) is 0. The van der Waals surface area contributed by atoms with E-state index in [0.29, 0.717) is 23.9 Å². The lowest BCUT2D eigenvalue weighted by molar-refractivity contribution is -0.870.